The van der Waals surface area contributed by atoms with E-state index in [4.69, 9.17) is 0 Å². The molecule has 0 bridgehead atoms. The second-order valence-corrected chi connectivity index (χ2v) is 6.90. The highest BCUT2D eigenvalue weighted by atomic mass is 32.2. The van der Waals surface area contributed by atoms with Gasteiger partial charge in [-0.1, -0.05) is 11.6 Å². The van der Waals surface area contributed by atoms with Gasteiger partial charge in [0.05, 0.1) is 23.7 Å². The molecule has 0 aromatic heterocycles. The molecular formula is C11H17NO4S. The first-order valence-corrected chi connectivity index (χ1v) is 7.64. The smallest absolute Gasteiger partial charge is 0.224 e. The lowest BCUT2D eigenvalue weighted by Gasteiger charge is -2.15. The predicted molar refractivity (Wildman–Crippen MR) is 63.1 cm³/mol. The molecule has 1 aliphatic carbocycles. The van der Waals surface area contributed by atoms with Gasteiger partial charge in [0.25, 0.3) is 0 Å². The van der Waals surface area contributed by atoms with Gasteiger partial charge in [-0.05, 0) is 19.3 Å². The third-order valence-electron chi connectivity index (χ3n) is 3.19. The zero-order chi connectivity index (χ0) is 12.5. The summed E-state index contributed by atoms with van der Waals surface area (Å²) in [6.45, 7) is 0. The summed E-state index contributed by atoms with van der Waals surface area (Å²) < 4.78 is 22.5. The van der Waals surface area contributed by atoms with Crippen LogP contribution in [0.2, 0.25) is 0 Å². The summed E-state index contributed by atoms with van der Waals surface area (Å²) >= 11 is 0. The van der Waals surface area contributed by atoms with Crippen LogP contribution in [0.4, 0.5) is 0 Å². The van der Waals surface area contributed by atoms with Crippen molar-refractivity contribution in [2.45, 2.75) is 37.8 Å². The molecule has 5 nitrogen and oxygen atoms in total. The summed E-state index contributed by atoms with van der Waals surface area (Å²) in [6.07, 6.45) is 4.46. The van der Waals surface area contributed by atoms with Gasteiger partial charge in [0.15, 0.2) is 9.84 Å². The second-order valence-electron chi connectivity index (χ2n) is 4.75. The molecule has 1 amide bonds. The van der Waals surface area contributed by atoms with Crippen molar-refractivity contribution in [1.29, 1.82) is 0 Å². The third kappa shape index (κ3) is 3.29. The van der Waals surface area contributed by atoms with Crippen LogP contribution in [0, 0.1) is 0 Å². The van der Waals surface area contributed by atoms with E-state index in [-0.39, 0.29) is 17.4 Å². The van der Waals surface area contributed by atoms with Crippen LogP contribution in [0.1, 0.15) is 25.7 Å². The quantitative estimate of drug-likeness (QED) is 0.685. The maximum absolute atomic E-state index is 11.7. The van der Waals surface area contributed by atoms with E-state index in [1.54, 1.807) is 0 Å². The van der Waals surface area contributed by atoms with Gasteiger partial charge in [-0.3, -0.25) is 4.79 Å². The maximum Gasteiger partial charge on any atom is 0.224 e. The van der Waals surface area contributed by atoms with E-state index in [9.17, 15) is 18.3 Å². The average Bonchev–Trinajstić information content (AvgIpc) is 2.75. The van der Waals surface area contributed by atoms with E-state index in [0.29, 0.717) is 6.42 Å². The first-order chi connectivity index (χ1) is 7.96. The van der Waals surface area contributed by atoms with Crippen LogP contribution in [-0.4, -0.2) is 43.1 Å². The zero-order valence-electron chi connectivity index (χ0n) is 9.55. The summed E-state index contributed by atoms with van der Waals surface area (Å²) in [5, 5.41) is 12.1. The minimum absolute atomic E-state index is 0.154. The van der Waals surface area contributed by atoms with Gasteiger partial charge in [0, 0.05) is 6.42 Å². The van der Waals surface area contributed by atoms with E-state index in [1.807, 2.05) is 0 Å². The maximum atomic E-state index is 11.7. The molecule has 1 heterocycles. The molecule has 1 fully saturated rings. The largest absolute Gasteiger partial charge is 0.390 e. The van der Waals surface area contributed by atoms with Crippen LogP contribution in [0.3, 0.4) is 0 Å². The SMILES string of the molecule is O=C(CC1=CCCC1)N[C@@H]1CS(=O)(=O)C[C@H]1O. The molecule has 1 saturated heterocycles. The molecule has 0 unspecified atom stereocenters. The number of aliphatic hydroxyl groups excluding tert-OH is 1. The van der Waals surface area contributed by atoms with Crippen LogP contribution in [0.15, 0.2) is 11.6 Å². The lowest BCUT2D eigenvalue weighted by molar-refractivity contribution is -0.121. The fourth-order valence-electron chi connectivity index (χ4n) is 2.33. The van der Waals surface area contributed by atoms with Crippen molar-refractivity contribution in [3.63, 3.8) is 0 Å². The molecule has 1 aliphatic heterocycles. The van der Waals surface area contributed by atoms with Crippen LogP contribution in [0.5, 0.6) is 0 Å². The van der Waals surface area contributed by atoms with Crippen LogP contribution < -0.4 is 5.32 Å². The van der Waals surface area contributed by atoms with Gasteiger partial charge in [-0.15, -0.1) is 0 Å². The predicted octanol–water partition coefficient (Wildman–Crippen LogP) is -0.239. The van der Waals surface area contributed by atoms with Crippen LogP contribution >= 0.6 is 0 Å². The van der Waals surface area contributed by atoms with Gasteiger partial charge < -0.3 is 10.4 Å². The van der Waals surface area contributed by atoms with E-state index in [1.165, 1.54) is 0 Å². The van der Waals surface area contributed by atoms with E-state index < -0.39 is 22.0 Å². The van der Waals surface area contributed by atoms with Gasteiger partial charge in [-0.2, -0.15) is 0 Å². The monoisotopic (exact) mass is 259 g/mol. The lowest BCUT2D eigenvalue weighted by Crippen LogP contribution is -2.42. The molecule has 0 aromatic rings. The van der Waals surface area contributed by atoms with Gasteiger partial charge in [-0.25, -0.2) is 8.42 Å². The van der Waals surface area contributed by atoms with Crippen molar-refractivity contribution in [1.82, 2.24) is 5.32 Å². The van der Waals surface area contributed by atoms with Crippen LogP contribution in [-0.2, 0) is 14.6 Å². The molecule has 0 aromatic carbocycles. The topological polar surface area (TPSA) is 83.5 Å². The molecule has 17 heavy (non-hydrogen) atoms. The van der Waals surface area contributed by atoms with Crippen LogP contribution in [0.25, 0.3) is 0 Å². The Labute approximate surface area is 101 Å². The van der Waals surface area contributed by atoms with Crippen molar-refractivity contribution in [3.8, 4) is 0 Å². The normalized spacial score (nSPS) is 31.2. The number of allylic oxidation sites excluding steroid dienone is 1. The molecule has 0 spiro atoms. The van der Waals surface area contributed by atoms with Crippen molar-refractivity contribution in [2.24, 2.45) is 0 Å². The number of rotatable bonds is 3. The number of carbonyl (C=O) groups is 1. The number of hydrogen-bond donors (Lipinski definition) is 2. The molecular weight excluding hydrogens is 242 g/mol. The number of amides is 1. The first-order valence-electron chi connectivity index (χ1n) is 5.82. The Morgan fingerprint density at radius 3 is 2.76 bits per heavy atom. The number of nitrogens with one attached hydrogen (secondary N) is 1. The molecule has 2 atom stereocenters. The summed E-state index contributed by atoms with van der Waals surface area (Å²) in [5.41, 5.74) is 1.11. The Morgan fingerprint density at radius 2 is 2.24 bits per heavy atom. The van der Waals surface area contributed by atoms with Gasteiger partial charge in [0.1, 0.15) is 0 Å². The lowest BCUT2D eigenvalue weighted by atomic mass is 10.1. The standard InChI is InChI=1S/C11H17NO4S/c13-10-7-17(15,16)6-9(10)12-11(14)5-8-3-1-2-4-8/h3,9-10,13H,1-2,4-7H2,(H,12,14)/t9-,10-/m1/s1. The summed E-state index contributed by atoms with van der Waals surface area (Å²) in [4.78, 5) is 11.7. The number of sulfone groups is 1. The fourth-order valence-corrected chi connectivity index (χ4v) is 4.07. The van der Waals surface area contributed by atoms with Crippen molar-refractivity contribution in [3.05, 3.63) is 11.6 Å². The van der Waals surface area contributed by atoms with E-state index in [0.717, 1.165) is 24.8 Å². The highest BCUT2D eigenvalue weighted by molar-refractivity contribution is 7.91. The highest BCUT2D eigenvalue weighted by Crippen LogP contribution is 2.20. The van der Waals surface area contributed by atoms with E-state index >= 15 is 0 Å². The van der Waals surface area contributed by atoms with Gasteiger partial charge >= 0.3 is 0 Å². The molecule has 2 aliphatic rings. The Kier molecular flexibility index (Phi) is 3.53. The molecule has 0 saturated carbocycles. The Balaban J connectivity index is 1.86. The van der Waals surface area contributed by atoms with Crippen molar-refractivity contribution >= 4 is 15.7 Å². The first kappa shape index (κ1) is 12.6. The highest BCUT2D eigenvalue weighted by Gasteiger charge is 2.37. The summed E-state index contributed by atoms with van der Waals surface area (Å²) in [7, 11) is -3.20. The molecule has 96 valence electrons. The van der Waals surface area contributed by atoms with Crippen molar-refractivity contribution < 1.29 is 18.3 Å². The third-order valence-corrected chi connectivity index (χ3v) is 4.91. The fraction of sp³-hybridized carbons (Fsp3) is 0.727. The summed E-state index contributed by atoms with van der Waals surface area (Å²) in [6, 6.07) is -0.644. The Hall–Kier alpha value is -0.880. The zero-order valence-corrected chi connectivity index (χ0v) is 10.4. The molecule has 2 rings (SSSR count). The van der Waals surface area contributed by atoms with Gasteiger partial charge in [0.2, 0.25) is 5.91 Å². The van der Waals surface area contributed by atoms with E-state index in [2.05, 4.69) is 11.4 Å². The Bertz CT molecular complexity index is 440. The van der Waals surface area contributed by atoms with Crippen molar-refractivity contribution in [2.75, 3.05) is 11.5 Å². The molecule has 6 heteroatoms. The second kappa shape index (κ2) is 4.78. The molecule has 0 radical (unpaired) electrons. The Morgan fingerprint density at radius 1 is 1.47 bits per heavy atom. The number of carbonyl (C=O) groups excluding carboxylic acids is 1. The number of aliphatic hydroxyl groups is 1. The minimum atomic E-state index is -3.20. The minimum Gasteiger partial charge on any atom is -0.390 e. The average molecular weight is 259 g/mol. The summed E-state index contributed by atoms with van der Waals surface area (Å²) in [5.74, 6) is -0.598. The number of hydrogen-bond acceptors (Lipinski definition) is 4. The molecule has 2 N–H and O–H groups in total.